The zero-order chi connectivity index (χ0) is 15.8. The van der Waals surface area contributed by atoms with Crippen LogP contribution in [0, 0.1) is 5.92 Å². The maximum Gasteiger partial charge on any atom is 0.0409 e. The van der Waals surface area contributed by atoms with Gasteiger partial charge in [0.15, 0.2) is 0 Å². The molecule has 0 saturated carbocycles. The molecule has 3 heteroatoms. The lowest BCUT2D eigenvalue weighted by Gasteiger charge is -2.42. The second-order valence-corrected chi connectivity index (χ2v) is 8.33. The summed E-state index contributed by atoms with van der Waals surface area (Å²) in [6, 6.07) is 15.8. The van der Waals surface area contributed by atoms with Gasteiger partial charge in [0.1, 0.15) is 0 Å². The van der Waals surface area contributed by atoms with Crippen molar-refractivity contribution in [2.45, 2.75) is 38.3 Å². The van der Waals surface area contributed by atoms with Crippen LogP contribution in [0.2, 0.25) is 5.02 Å². The van der Waals surface area contributed by atoms with Crippen molar-refractivity contribution in [1.82, 2.24) is 4.90 Å². The summed E-state index contributed by atoms with van der Waals surface area (Å²) >= 11 is 9.80. The van der Waals surface area contributed by atoms with E-state index in [0.717, 1.165) is 17.5 Å². The fourth-order valence-electron chi connectivity index (χ4n) is 4.19. The first-order chi connectivity index (χ1) is 11.2. The highest BCUT2D eigenvalue weighted by atomic mass is 79.9. The minimum absolute atomic E-state index is 0.651. The topological polar surface area (TPSA) is 3.24 Å². The first kappa shape index (κ1) is 15.7. The molecule has 23 heavy (non-hydrogen) atoms. The molecule has 2 aromatic rings. The molecule has 2 aromatic carbocycles. The third kappa shape index (κ3) is 3.50. The molecule has 2 aliphatic heterocycles. The van der Waals surface area contributed by atoms with E-state index in [1.807, 2.05) is 6.07 Å². The SMILES string of the molecule is Clc1cccc(CN2C[C@H]3CC[C@@H]2Cc2cc(Br)ccc2C3)c1. The maximum atomic E-state index is 6.16. The molecule has 0 N–H and O–H groups in total. The summed E-state index contributed by atoms with van der Waals surface area (Å²) in [6.45, 7) is 2.23. The number of benzene rings is 2. The number of piperidine rings is 1. The molecule has 0 spiro atoms. The second-order valence-electron chi connectivity index (χ2n) is 6.98. The average molecular weight is 391 g/mol. The van der Waals surface area contributed by atoms with Crippen molar-refractivity contribution in [1.29, 1.82) is 0 Å². The largest absolute Gasteiger partial charge is 0.296 e. The Morgan fingerprint density at radius 1 is 1.04 bits per heavy atom. The molecule has 1 fully saturated rings. The molecule has 0 radical (unpaired) electrons. The van der Waals surface area contributed by atoms with Crippen LogP contribution in [0.25, 0.3) is 0 Å². The number of rotatable bonds is 2. The van der Waals surface area contributed by atoms with Crippen LogP contribution in [0.4, 0.5) is 0 Å². The van der Waals surface area contributed by atoms with Crippen molar-refractivity contribution in [3.05, 3.63) is 68.7 Å². The molecule has 0 aromatic heterocycles. The summed E-state index contributed by atoms with van der Waals surface area (Å²) in [6.07, 6.45) is 5.08. The van der Waals surface area contributed by atoms with Gasteiger partial charge in [0, 0.05) is 28.6 Å². The van der Waals surface area contributed by atoms with Crippen molar-refractivity contribution in [2.75, 3.05) is 6.54 Å². The van der Waals surface area contributed by atoms with Crippen molar-refractivity contribution in [3.8, 4) is 0 Å². The van der Waals surface area contributed by atoms with Crippen LogP contribution in [-0.2, 0) is 19.4 Å². The summed E-state index contributed by atoms with van der Waals surface area (Å²) in [5, 5.41) is 0.842. The predicted molar refractivity (Wildman–Crippen MR) is 99.9 cm³/mol. The molecule has 3 aliphatic rings. The number of halogens is 2. The van der Waals surface area contributed by atoms with Gasteiger partial charge in [-0.25, -0.2) is 0 Å². The minimum Gasteiger partial charge on any atom is -0.296 e. The van der Waals surface area contributed by atoms with Gasteiger partial charge < -0.3 is 0 Å². The van der Waals surface area contributed by atoms with Gasteiger partial charge >= 0.3 is 0 Å². The molecule has 2 heterocycles. The van der Waals surface area contributed by atoms with Crippen LogP contribution < -0.4 is 0 Å². The van der Waals surface area contributed by atoms with E-state index >= 15 is 0 Å². The molecule has 5 rings (SSSR count). The van der Waals surface area contributed by atoms with Gasteiger partial charge in [0.2, 0.25) is 0 Å². The van der Waals surface area contributed by atoms with Crippen LogP contribution in [0.1, 0.15) is 29.5 Å². The van der Waals surface area contributed by atoms with Gasteiger partial charge in [-0.3, -0.25) is 4.90 Å². The Balaban J connectivity index is 1.59. The number of nitrogens with zero attached hydrogens (tertiary/aromatic N) is 1. The summed E-state index contributed by atoms with van der Waals surface area (Å²) in [5.41, 5.74) is 4.42. The Kier molecular flexibility index (Phi) is 4.49. The third-order valence-electron chi connectivity index (χ3n) is 5.32. The Hall–Kier alpha value is -0.830. The normalized spacial score (nSPS) is 24.1. The number of fused-ring (bicyclic) bond motifs is 2. The average Bonchev–Trinajstić information content (AvgIpc) is 2.50. The van der Waals surface area contributed by atoms with Gasteiger partial charge in [0.25, 0.3) is 0 Å². The van der Waals surface area contributed by atoms with Crippen LogP contribution in [0.15, 0.2) is 46.9 Å². The third-order valence-corrected chi connectivity index (χ3v) is 6.05. The van der Waals surface area contributed by atoms with Crippen LogP contribution in [-0.4, -0.2) is 17.5 Å². The van der Waals surface area contributed by atoms with Gasteiger partial charge in [0.05, 0.1) is 0 Å². The minimum atomic E-state index is 0.651. The lowest BCUT2D eigenvalue weighted by atomic mass is 9.80. The lowest BCUT2D eigenvalue weighted by molar-refractivity contribution is 0.0938. The molecule has 2 atom stereocenters. The molecule has 2 bridgehead atoms. The fraction of sp³-hybridized carbons (Fsp3) is 0.400. The highest BCUT2D eigenvalue weighted by Gasteiger charge is 2.31. The summed E-state index contributed by atoms with van der Waals surface area (Å²) in [7, 11) is 0. The highest BCUT2D eigenvalue weighted by Crippen LogP contribution is 2.34. The Morgan fingerprint density at radius 3 is 2.83 bits per heavy atom. The maximum absolute atomic E-state index is 6.16. The second kappa shape index (κ2) is 6.58. The van der Waals surface area contributed by atoms with E-state index in [9.17, 15) is 0 Å². The molecule has 1 saturated heterocycles. The van der Waals surface area contributed by atoms with E-state index < -0.39 is 0 Å². The van der Waals surface area contributed by atoms with Gasteiger partial charge in [-0.2, -0.15) is 0 Å². The zero-order valence-corrected chi connectivity index (χ0v) is 15.5. The van der Waals surface area contributed by atoms with E-state index in [1.54, 1.807) is 5.56 Å². The van der Waals surface area contributed by atoms with Crippen LogP contribution in [0.3, 0.4) is 0 Å². The van der Waals surface area contributed by atoms with E-state index in [1.165, 1.54) is 47.8 Å². The van der Waals surface area contributed by atoms with Crippen LogP contribution >= 0.6 is 27.5 Å². The Morgan fingerprint density at radius 2 is 1.96 bits per heavy atom. The monoisotopic (exact) mass is 389 g/mol. The summed E-state index contributed by atoms with van der Waals surface area (Å²) in [5.74, 6) is 0.783. The molecule has 120 valence electrons. The quantitative estimate of drug-likeness (QED) is 0.656. The van der Waals surface area contributed by atoms with Gasteiger partial charge in [-0.1, -0.05) is 45.7 Å². The van der Waals surface area contributed by atoms with E-state index in [0.29, 0.717) is 6.04 Å². The van der Waals surface area contributed by atoms with Crippen molar-refractivity contribution in [3.63, 3.8) is 0 Å². The molecule has 1 aliphatic carbocycles. The van der Waals surface area contributed by atoms with Gasteiger partial charge in [-0.15, -0.1) is 0 Å². The van der Waals surface area contributed by atoms with Crippen LogP contribution in [0.5, 0.6) is 0 Å². The molecular weight excluding hydrogens is 370 g/mol. The summed E-state index contributed by atoms with van der Waals surface area (Å²) in [4.78, 5) is 2.68. The first-order valence-corrected chi connectivity index (χ1v) is 9.60. The zero-order valence-electron chi connectivity index (χ0n) is 13.1. The Bertz CT molecular complexity index is 715. The standard InChI is InChI=1S/C20H21BrClN/c21-18-6-5-16-8-15-4-7-20(11-17(16)10-18)23(13-15)12-14-2-1-3-19(22)9-14/h1-3,5-6,9-10,15,20H,4,7-8,11-13H2/t15-,20+/m0/s1. The van der Waals surface area contributed by atoms with E-state index in [4.69, 9.17) is 11.6 Å². The number of hydrogen-bond acceptors (Lipinski definition) is 1. The van der Waals surface area contributed by atoms with E-state index in [-0.39, 0.29) is 0 Å². The molecule has 0 unspecified atom stereocenters. The highest BCUT2D eigenvalue weighted by molar-refractivity contribution is 9.10. The van der Waals surface area contributed by atoms with Crippen molar-refractivity contribution >= 4 is 27.5 Å². The van der Waals surface area contributed by atoms with Crippen molar-refractivity contribution in [2.24, 2.45) is 5.92 Å². The predicted octanol–water partition coefficient (Wildman–Crippen LogP) is 5.48. The number of hydrogen-bond donors (Lipinski definition) is 0. The summed E-state index contributed by atoms with van der Waals surface area (Å²) < 4.78 is 1.20. The molecule has 1 nitrogen and oxygen atoms in total. The lowest BCUT2D eigenvalue weighted by Crippen LogP contribution is -2.46. The smallest absolute Gasteiger partial charge is 0.0409 e. The first-order valence-electron chi connectivity index (χ1n) is 8.43. The fourth-order valence-corrected chi connectivity index (χ4v) is 4.81. The molecule has 0 amide bonds. The van der Waals surface area contributed by atoms with E-state index in [2.05, 4.69) is 57.2 Å². The van der Waals surface area contributed by atoms with Crippen molar-refractivity contribution < 1.29 is 0 Å². The van der Waals surface area contributed by atoms with Gasteiger partial charge in [-0.05, 0) is 72.6 Å². The molecular formula is C20H21BrClN. The Labute approximate surface area is 151 Å².